The van der Waals surface area contributed by atoms with Crippen LogP contribution in [0.1, 0.15) is 45.1 Å². The van der Waals surface area contributed by atoms with E-state index in [0.29, 0.717) is 6.54 Å². The quantitative estimate of drug-likeness (QED) is 0.674. The van der Waals surface area contributed by atoms with Crippen molar-refractivity contribution in [3.8, 4) is 0 Å². The molecule has 130 valence electrons. The fourth-order valence-corrected chi connectivity index (χ4v) is 2.34. The van der Waals surface area contributed by atoms with Crippen LogP contribution in [0.25, 0.3) is 0 Å². The third-order valence-corrected chi connectivity index (χ3v) is 3.65. The van der Waals surface area contributed by atoms with Crippen molar-refractivity contribution in [3.05, 3.63) is 29.8 Å². The molecule has 0 aliphatic carbocycles. The van der Waals surface area contributed by atoms with E-state index in [2.05, 4.69) is 12.2 Å². The summed E-state index contributed by atoms with van der Waals surface area (Å²) >= 11 is 0. The van der Waals surface area contributed by atoms with E-state index in [1.165, 1.54) is 18.2 Å². The van der Waals surface area contributed by atoms with Crippen molar-refractivity contribution in [2.24, 2.45) is 0 Å². The average molecular weight is 330 g/mol. The van der Waals surface area contributed by atoms with E-state index in [9.17, 15) is 18.0 Å². The van der Waals surface area contributed by atoms with Crippen LogP contribution >= 0.6 is 0 Å². The Morgan fingerprint density at radius 2 is 1.83 bits per heavy atom. The predicted molar refractivity (Wildman–Crippen MR) is 86.3 cm³/mol. The number of anilines is 1. The number of para-hydroxylation sites is 1. The van der Waals surface area contributed by atoms with Crippen LogP contribution in [0.5, 0.6) is 0 Å². The molecule has 0 unspecified atom stereocenters. The summed E-state index contributed by atoms with van der Waals surface area (Å²) in [4.78, 5) is 14.0. The van der Waals surface area contributed by atoms with Crippen molar-refractivity contribution in [1.29, 1.82) is 0 Å². The Bertz CT molecular complexity index is 489. The van der Waals surface area contributed by atoms with Gasteiger partial charge in [-0.25, -0.2) is 0 Å². The molecule has 0 spiro atoms. The summed E-state index contributed by atoms with van der Waals surface area (Å²) in [6.45, 7) is 5.65. The number of alkyl halides is 3. The molecule has 0 atom stereocenters. The highest BCUT2D eigenvalue weighted by atomic mass is 19.4. The number of likely N-dealkylation sites (N-methyl/N-ethyl adjacent to an activating group) is 1. The lowest BCUT2D eigenvalue weighted by molar-refractivity contribution is -0.137. The largest absolute Gasteiger partial charge is 0.418 e. The summed E-state index contributed by atoms with van der Waals surface area (Å²) in [6.07, 6.45) is -0.0857. The Morgan fingerprint density at radius 1 is 1.13 bits per heavy atom. The molecule has 1 aromatic rings. The number of hydrogen-bond donors (Lipinski definition) is 1. The Kier molecular flexibility index (Phi) is 8.09. The van der Waals surface area contributed by atoms with Crippen LogP contribution in [0.2, 0.25) is 0 Å². The molecule has 0 radical (unpaired) electrons. The Labute approximate surface area is 135 Å². The van der Waals surface area contributed by atoms with Gasteiger partial charge in [-0.05, 0) is 31.6 Å². The molecule has 1 aromatic carbocycles. The second-order valence-corrected chi connectivity index (χ2v) is 5.52. The fourth-order valence-electron chi connectivity index (χ4n) is 2.34. The monoisotopic (exact) mass is 330 g/mol. The van der Waals surface area contributed by atoms with Crippen molar-refractivity contribution in [1.82, 2.24) is 4.90 Å². The molecule has 1 rings (SSSR count). The van der Waals surface area contributed by atoms with Crippen molar-refractivity contribution in [2.45, 2.75) is 45.7 Å². The van der Waals surface area contributed by atoms with Crippen molar-refractivity contribution in [3.63, 3.8) is 0 Å². The smallest absolute Gasteiger partial charge is 0.324 e. The van der Waals surface area contributed by atoms with Crippen molar-refractivity contribution >= 4 is 11.6 Å². The van der Waals surface area contributed by atoms with Crippen LogP contribution in [0, 0.1) is 0 Å². The minimum absolute atomic E-state index is 0.106. The van der Waals surface area contributed by atoms with Gasteiger partial charge in [0.25, 0.3) is 0 Å². The van der Waals surface area contributed by atoms with Gasteiger partial charge < -0.3 is 5.32 Å². The number of hydrogen-bond acceptors (Lipinski definition) is 2. The molecular formula is C17H25F3N2O. The lowest BCUT2D eigenvalue weighted by atomic mass is 10.1. The first-order valence-corrected chi connectivity index (χ1v) is 8.06. The number of nitrogens with one attached hydrogen (secondary N) is 1. The van der Waals surface area contributed by atoms with Gasteiger partial charge in [-0.3, -0.25) is 9.69 Å². The van der Waals surface area contributed by atoms with Crippen molar-refractivity contribution in [2.75, 3.05) is 25.0 Å². The van der Waals surface area contributed by atoms with Gasteiger partial charge in [-0.2, -0.15) is 13.2 Å². The Balaban J connectivity index is 2.59. The molecule has 0 aliphatic rings. The minimum Gasteiger partial charge on any atom is -0.324 e. The number of carbonyl (C=O) groups is 1. The summed E-state index contributed by atoms with van der Waals surface area (Å²) < 4.78 is 38.7. The minimum atomic E-state index is -4.48. The maximum Gasteiger partial charge on any atom is 0.418 e. The van der Waals surface area contributed by atoms with Crippen LogP contribution in [-0.4, -0.2) is 30.4 Å². The van der Waals surface area contributed by atoms with Crippen LogP contribution in [0.15, 0.2) is 24.3 Å². The highest BCUT2D eigenvalue weighted by molar-refractivity contribution is 5.93. The maximum absolute atomic E-state index is 12.9. The molecule has 3 nitrogen and oxygen atoms in total. The maximum atomic E-state index is 12.9. The third-order valence-electron chi connectivity index (χ3n) is 3.65. The van der Waals surface area contributed by atoms with E-state index in [1.54, 1.807) is 0 Å². The Hall–Kier alpha value is -1.56. The zero-order valence-electron chi connectivity index (χ0n) is 13.7. The summed E-state index contributed by atoms with van der Waals surface area (Å²) in [5.41, 5.74) is -1.01. The molecule has 23 heavy (non-hydrogen) atoms. The third kappa shape index (κ3) is 7.03. The molecule has 0 saturated carbocycles. The van der Waals surface area contributed by atoms with Crippen LogP contribution < -0.4 is 5.32 Å². The second-order valence-electron chi connectivity index (χ2n) is 5.52. The first kappa shape index (κ1) is 19.5. The van der Waals surface area contributed by atoms with E-state index in [0.717, 1.165) is 38.3 Å². The van der Waals surface area contributed by atoms with Gasteiger partial charge in [0.1, 0.15) is 0 Å². The lowest BCUT2D eigenvalue weighted by Gasteiger charge is -2.20. The molecule has 0 saturated heterocycles. The molecule has 1 N–H and O–H groups in total. The number of nitrogens with zero attached hydrogens (tertiary/aromatic N) is 1. The van der Waals surface area contributed by atoms with Crippen LogP contribution in [0.4, 0.5) is 18.9 Å². The molecule has 0 aliphatic heterocycles. The molecule has 0 fully saturated rings. The van der Waals surface area contributed by atoms with E-state index in [-0.39, 0.29) is 12.2 Å². The van der Waals surface area contributed by atoms with E-state index in [1.807, 2.05) is 11.8 Å². The average Bonchev–Trinajstić information content (AvgIpc) is 2.49. The molecule has 0 heterocycles. The highest BCUT2D eigenvalue weighted by Crippen LogP contribution is 2.34. The number of unbranched alkanes of at least 4 members (excludes halogenated alkanes) is 3. The van der Waals surface area contributed by atoms with E-state index in [4.69, 9.17) is 0 Å². The number of benzene rings is 1. The standard InChI is InChI=1S/C17H25F3N2O/c1-3-5-6-9-12-22(4-2)13-16(23)21-15-11-8-7-10-14(15)17(18,19)20/h7-8,10-11H,3-6,9,12-13H2,1-2H3,(H,21,23). The molecule has 6 heteroatoms. The summed E-state index contributed by atoms with van der Waals surface area (Å²) in [5, 5.41) is 2.38. The normalized spacial score (nSPS) is 11.7. The summed E-state index contributed by atoms with van der Waals surface area (Å²) in [5.74, 6) is -0.418. The Morgan fingerprint density at radius 3 is 2.43 bits per heavy atom. The van der Waals surface area contributed by atoms with Gasteiger partial charge in [0, 0.05) is 0 Å². The van der Waals surface area contributed by atoms with Crippen LogP contribution in [-0.2, 0) is 11.0 Å². The first-order valence-electron chi connectivity index (χ1n) is 8.06. The number of carbonyl (C=O) groups excluding carboxylic acids is 1. The van der Waals surface area contributed by atoms with Crippen molar-refractivity contribution < 1.29 is 18.0 Å². The zero-order valence-corrected chi connectivity index (χ0v) is 13.7. The van der Waals surface area contributed by atoms with Gasteiger partial charge in [0.05, 0.1) is 17.8 Å². The lowest BCUT2D eigenvalue weighted by Crippen LogP contribution is -2.34. The fraction of sp³-hybridized carbons (Fsp3) is 0.588. The number of amides is 1. The number of halogens is 3. The van der Waals surface area contributed by atoms with Crippen LogP contribution in [0.3, 0.4) is 0 Å². The summed E-state index contributed by atoms with van der Waals surface area (Å²) in [7, 11) is 0. The van der Waals surface area contributed by atoms with E-state index >= 15 is 0 Å². The van der Waals surface area contributed by atoms with Gasteiger partial charge in [0.15, 0.2) is 0 Å². The predicted octanol–water partition coefficient (Wildman–Crippen LogP) is 4.55. The zero-order chi connectivity index (χ0) is 17.3. The highest BCUT2D eigenvalue weighted by Gasteiger charge is 2.33. The van der Waals surface area contributed by atoms with Gasteiger partial charge >= 0.3 is 6.18 Å². The molecule has 0 bridgehead atoms. The SMILES string of the molecule is CCCCCCN(CC)CC(=O)Nc1ccccc1C(F)(F)F. The first-order chi connectivity index (χ1) is 10.9. The van der Waals surface area contributed by atoms with Gasteiger partial charge in [-0.15, -0.1) is 0 Å². The second kappa shape index (κ2) is 9.55. The topological polar surface area (TPSA) is 32.3 Å². The molecule has 0 aromatic heterocycles. The number of rotatable bonds is 9. The van der Waals surface area contributed by atoms with Gasteiger partial charge in [0.2, 0.25) is 5.91 Å². The van der Waals surface area contributed by atoms with E-state index < -0.39 is 17.6 Å². The summed E-state index contributed by atoms with van der Waals surface area (Å²) in [6, 6.07) is 5.04. The van der Waals surface area contributed by atoms with Gasteiger partial charge in [-0.1, -0.05) is 45.2 Å². The molecule has 1 amide bonds. The molecular weight excluding hydrogens is 305 g/mol.